The predicted octanol–water partition coefficient (Wildman–Crippen LogP) is -0.269. The average Bonchev–Trinajstić information content (AvgIpc) is 2.82. The zero-order valence-corrected chi connectivity index (χ0v) is 11.8. The number of urea groups is 1. The summed E-state index contributed by atoms with van der Waals surface area (Å²) in [4.78, 5) is 22.2. The van der Waals surface area contributed by atoms with Crippen molar-refractivity contribution in [2.75, 3.05) is 13.7 Å². The summed E-state index contributed by atoms with van der Waals surface area (Å²) < 4.78 is 6.60. The summed E-state index contributed by atoms with van der Waals surface area (Å²) in [6.07, 6.45) is 4.50. The first-order valence-electron chi connectivity index (χ1n) is 6.71. The molecule has 2 rings (SSSR count). The molecule has 1 fully saturated rings. The molecule has 0 spiro atoms. The molecule has 0 aromatic carbocycles. The molecule has 3 N–H and O–H groups in total. The van der Waals surface area contributed by atoms with E-state index in [1.165, 1.54) is 10.9 Å². The maximum absolute atomic E-state index is 11.7. The Kier molecular flexibility index (Phi) is 4.73. The molecule has 2 amide bonds. The topological polar surface area (TPSA) is 118 Å². The first-order chi connectivity index (χ1) is 10.0. The number of carboxylic acid groups (broad SMARTS) is 1. The number of ether oxygens (including phenoxy) is 1. The molecular formula is C12H19N5O4. The number of carboxylic acids is 1. The number of nitrogens with one attached hydrogen (secondary N) is 2. The maximum Gasteiger partial charge on any atom is 0.325 e. The maximum atomic E-state index is 11.7. The number of aromatic nitrogens is 3. The van der Waals surface area contributed by atoms with Crippen molar-refractivity contribution in [3.8, 4) is 0 Å². The zero-order valence-electron chi connectivity index (χ0n) is 11.8. The number of rotatable bonds is 7. The van der Waals surface area contributed by atoms with Crippen molar-refractivity contribution >= 4 is 12.0 Å². The number of amides is 2. The summed E-state index contributed by atoms with van der Waals surface area (Å²) in [6.45, 7) is 0.405. The third-order valence-corrected chi connectivity index (χ3v) is 3.58. The molecule has 9 nitrogen and oxygen atoms in total. The number of hydrogen-bond acceptors (Lipinski definition) is 5. The van der Waals surface area contributed by atoms with Crippen LogP contribution in [0.4, 0.5) is 4.79 Å². The van der Waals surface area contributed by atoms with Crippen LogP contribution in [0.1, 0.15) is 25.0 Å². The number of carbonyl (C=O) groups is 2. The van der Waals surface area contributed by atoms with Gasteiger partial charge in [0.2, 0.25) is 0 Å². The van der Waals surface area contributed by atoms with Gasteiger partial charge in [-0.3, -0.25) is 4.79 Å². The first kappa shape index (κ1) is 15.2. The molecule has 0 radical (unpaired) electrons. The number of methoxy groups -OCH3 is 1. The molecule has 1 aliphatic carbocycles. The Labute approximate surface area is 121 Å². The lowest BCUT2D eigenvalue weighted by Crippen LogP contribution is -2.51. The number of carbonyl (C=O) groups excluding carboxylic acids is 1. The van der Waals surface area contributed by atoms with Gasteiger partial charge in [-0.2, -0.15) is 0 Å². The number of aliphatic carboxylic acids is 1. The van der Waals surface area contributed by atoms with Gasteiger partial charge in [-0.1, -0.05) is 5.21 Å². The molecule has 21 heavy (non-hydrogen) atoms. The Morgan fingerprint density at radius 1 is 1.48 bits per heavy atom. The van der Waals surface area contributed by atoms with Crippen LogP contribution in [-0.2, 0) is 22.6 Å². The van der Waals surface area contributed by atoms with Crippen LogP contribution in [0.3, 0.4) is 0 Å². The van der Waals surface area contributed by atoms with E-state index in [2.05, 4.69) is 20.9 Å². The molecule has 0 saturated heterocycles. The van der Waals surface area contributed by atoms with E-state index in [0.29, 0.717) is 12.2 Å². The zero-order chi connectivity index (χ0) is 15.3. The molecular weight excluding hydrogens is 278 g/mol. The molecule has 1 aromatic heterocycles. The standard InChI is InChI=1S/C12H19N5O4/c1-21-12(3-2-4-12)8-14-11(20)13-5-9-6-17(16-15-9)7-10(18)19/h6H,2-5,7-8H2,1H3,(H,18,19)(H2,13,14,20). The Hall–Kier alpha value is -2.16. The molecule has 1 aliphatic rings. The van der Waals surface area contributed by atoms with E-state index in [9.17, 15) is 9.59 Å². The quantitative estimate of drug-likeness (QED) is 0.637. The Bertz CT molecular complexity index is 506. The highest BCUT2D eigenvalue weighted by atomic mass is 16.5. The third kappa shape index (κ3) is 4.15. The van der Waals surface area contributed by atoms with Crippen molar-refractivity contribution in [3.63, 3.8) is 0 Å². The van der Waals surface area contributed by atoms with Gasteiger partial charge in [0.1, 0.15) is 12.2 Å². The normalized spacial score (nSPS) is 16.0. The molecule has 1 aromatic rings. The van der Waals surface area contributed by atoms with E-state index in [1.54, 1.807) is 7.11 Å². The lowest BCUT2D eigenvalue weighted by molar-refractivity contribution is -0.137. The summed E-state index contributed by atoms with van der Waals surface area (Å²) in [6, 6.07) is -0.314. The molecule has 0 aliphatic heterocycles. The second kappa shape index (κ2) is 6.53. The van der Waals surface area contributed by atoms with E-state index in [0.717, 1.165) is 19.3 Å². The van der Waals surface area contributed by atoms with Crippen molar-refractivity contribution in [3.05, 3.63) is 11.9 Å². The minimum Gasteiger partial charge on any atom is -0.480 e. The fourth-order valence-corrected chi connectivity index (χ4v) is 2.13. The van der Waals surface area contributed by atoms with Crippen molar-refractivity contribution < 1.29 is 19.4 Å². The van der Waals surface area contributed by atoms with Gasteiger partial charge >= 0.3 is 12.0 Å². The highest BCUT2D eigenvalue weighted by molar-refractivity contribution is 5.73. The average molecular weight is 297 g/mol. The van der Waals surface area contributed by atoms with Crippen LogP contribution >= 0.6 is 0 Å². The molecule has 0 atom stereocenters. The largest absolute Gasteiger partial charge is 0.480 e. The summed E-state index contributed by atoms with van der Waals surface area (Å²) in [7, 11) is 1.65. The van der Waals surface area contributed by atoms with Gasteiger partial charge in [0, 0.05) is 13.7 Å². The molecule has 116 valence electrons. The Balaban J connectivity index is 1.71. The van der Waals surface area contributed by atoms with Crippen LogP contribution in [0.5, 0.6) is 0 Å². The van der Waals surface area contributed by atoms with Crippen LogP contribution in [0.25, 0.3) is 0 Å². The van der Waals surface area contributed by atoms with Crippen molar-refractivity contribution in [1.29, 1.82) is 0 Å². The Morgan fingerprint density at radius 2 is 2.24 bits per heavy atom. The summed E-state index contributed by atoms with van der Waals surface area (Å²) >= 11 is 0. The fraction of sp³-hybridized carbons (Fsp3) is 0.667. The monoisotopic (exact) mass is 297 g/mol. The van der Waals surface area contributed by atoms with Crippen LogP contribution in [-0.4, -0.2) is 51.4 Å². The highest BCUT2D eigenvalue weighted by Crippen LogP contribution is 2.34. The van der Waals surface area contributed by atoms with Gasteiger partial charge < -0.3 is 20.5 Å². The molecule has 1 saturated carbocycles. The lowest BCUT2D eigenvalue weighted by Gasteiger charge is -2.40. The van der Waals surface area contributed by atoms with Gasteiger partial charge in [0.25, 0.3) is 0 Å². The van der Waals surface area contributed by atoms with E-state index < -0.39 is 5.97 Å². The second-order valence-electron chi connectivity index (χ2n) is 5.08. The fourth-order valence-electron chi connectivity index (χ4n) is 2.13. The Morgan fingerprint density at radius 3 is 2.81 bits per heavy atom. The van der Waals surface area contributed by atoms with Crippen molar-refractivity contribution in [2.24, 2.45) is 0 Å². The molecule has 1 heterocycles. The minimum atomic E-state index is -0.998. The molecule has 9 heteroatoms. The summed E-state index contributed by atoms with van der Waals surface area (Å²) in [5, 5.41) is 21.4. The minimum absolute atomic E-state index is 0.186. The van der Waals surface area contributed by atoms with E-state index in [4.69, 9.17) is 9.84 Å². The van der Waals surface area contributed by atoms with Gasteiger partial charge in [0.15, 0.2) is 0 Å². The SMILES string of the molecule is COC1(CNC(=O)NCc2cn(CC(=O)O)nn2)CCC1. The number of nitrogens with zero attached hydrogens (tertiary/aromatic N) is 3. The van der Waals surface area contributed by atoms with E-state index in [1.807, 2.05) is 0 Å². The molecule has 0 bridgehead atoms. The second-order valence-corrected chi connectivity index (χ2v) is 5.08. The number of hydrogen-bond donors (Lipinski definition) is 3. The summed E-state index contributed by atoms with van der Waals surface area (Å²) in [5.41, 5.74) is 0.276. The first-order valence-corrected chi connectivity index (χ1v) is 6.71. The van der Waals surface area contributed by atoms with Crippen LogP contribution in [0, 0.1) is 0 Å². The van der Waals surface area contributed by atoms with Crippen molar-refractivity contribution in [1.82, 2.24) is 25.6 Å². The van der Waals surface area contributed by atoms with Crippen LogP contribution in [0.2, 0.25) is 0 Å². The van der Waals surface area contributed by atoms with Gasteiger partial charge in [0.05, 0.1) is 18.3 Å². The van der Waals surface area contributed by atoms with Gasteiger partial charge in [-0.05, 0) is 19.3 Å². The highest BCUT2D eigenvalue weighted by Gasteiger charge is 2.37. The van der Waals surface area contributed by atoms with Gasteiger partial charge in [-0.15, -0.1) is 5.10 Å². The smallest absolute Gasteiger partial charge is 0.325 e. The van der Waals surface area contributed by atoms with Crippen LogP contribution < -0.4 is 10.6 Å². The summed E-state index contributed by atoms with van der Waals surface area (Å²) in [5.74, 6) is -0.998. The predicted molar refractivity (Wildman–Crippen MR) is 71.5 cm³/mol. The van der Waals surface area contributed by atoms with Crippen molar-refractivity contribution in [2.45, 2.75) is 38.0 Å². The third-order valence-electron chi connectivity index (χ3n) is 3.58. The van der Waals surface area contributed by atoms with Gasteiger partial charge in [-0.25, -0.2) is 9.48 Å². The van der Waals surface area contributed by atoms with E-state index >= 15 is 0 Å². The molecule has 0 unspecified atom stereocenters. The van der Waals surface area contributed by atoms with E-state index in [-0.39, 0.29) is 24.7 Å². The van der Waals surface area contributed by atoms with Crippen LogP contribution in [0.15, 0.2) is 6.20 Å². The lowest BCUT2D eigenvalue weighted by atomic mass is 9.80.